The fourth-order valence-corrected chi connectivity index (χ4v) is 1.86. The average molecular weight is 309 g/mol. The van der Waals surface area contributed by atoms with E-state index in [1.165, 1.54) is 12.3 Å². The number of phenolic OH excluding ortho intramolecular Hbond substituents is 1. The SMILES string of the molecule is CCCCOc1ccc(C(C)=O)c(O)c1CCC.N#CS. The Hall–Kier alpha value is -1.67. The Morgan fingerprint density at radius 1 is 1.38 bits per heavy atom. The lowest BCUT2D eigenvalue weighted by atomic mass is 10.0. The number of ketones is 1. The zero-order valence-electron chi connectivity index (χ0n) is 12.8. The zero-order chi connectivity index (χ0) is 16.3. The molecule has 0 radical (unpaired) electrons. The van der Waals surface area contributed by atoms with Gasteiger partial charge in [0.15, 0.2) is 5.78 Å². The minimum atomic E-state index is -0.120. The minimum absolute atomic E-state index is 0.0818. The molecule has 0 aliphatic rings. The van der Waals surface area contributed by atoms with Crippen LogP contribution in [0.25, 0.3) is 0 Å². The monoisotopic (exact) mass is 309 g/mol. The Kier molecular flexibility index (Phi) is 10.2. The number of carbonyl (C=O) groups is 1. The molecule has 0 aliphatic carbocycles. The van der Waals surface area contributed by atoms with Crippen molar-refractivity contribution in [3.05, 3.63) is 23.3 Å². The second-order valence-corrected chi connectivity index (χ2v) is 4.75. The van der Waals surface area contributed by atoms with Crippen LogP contribution in [0.1, 0.15) is 56.0 Å². The first-order valence-corrected chi connectivity index (χ1v) is 7.49. The van der Waals surface area contributed by atoms with E-state index < -0.39 is 0 Å². The number of Topliss-reactive ketones (excluding diaryl/α,β-unsaturated/α-hetero) is 1. The van der Waals surface area contributed by atoms with Gasteiger partial charge in [-0.3, -0.25) is 4.79 Å². The molecule has 0 heterocycles. The Morgan fingerprint density at radius 2 is 2.00 bits per heavy atom. The Labute approximate surface area is 132 Å². The molecule has 0 spiro atoms. The van der Waals surface area contributed by atoms with Gasteiger partial charge in [0.1, 0.15) is 16.9 Å². The fourth-order valence-electron chi connectivity index (χ4n) is 1.86. The molecule has 5 heteroatoms. The maximum atomic E-state index is 11.4. The van der Waals surface area contributed by atoms with Crippen molar-refractivity contribution in [1.82, 2.24) is 0 Å². The number of nitriles is 1. The standard InChI is InChI=1S/C15H22O3.CHNS/c1-4-6-10-18-14-9-8-12(11(3)16)15(17)13(14)7-5-2;2-1-3/h8-9,17H,4-7,10H2,1-3H3;3H. The molecule has 21 heavy (non-hydrogen) atoms. The van der Waals surface area contributed by atoms with Crippen molar-refractivity contribution in [2.24, 2.45) is 0 Å². The number of phenols is 1. The van der Waals surface area contributed by atoms with Crippen LogP contribution in [-0.4, -0.2) is 17.5 Å². The summed E-state index contributed by atoms with van der Waals surface area (Å²) in [5.41, 5.74) is 1.13. The number of thiocyanates is 1. The predicted molar refractivity (Wildman–Crippen MR) is 87.1 cm³/mol. The van der Waals surface area contributed by atoms with Crippen molar-refractivity contribution < 1.29 is 14.6 Å². The first-order chi connectivity index (χ1) is 10.0. The number of hydrogen-bond donors (Lipinski definition) is 2. The third-order valence-electron chi connectivity index (χ3n) is 2.87. The van der Waals surface area contributed by atoms with Crippen LogP contribution in [0.15, 0.2) is 12.1 Å². The van der Waals surface area contributed by atoms with Gasteiger partial charge in [-0.15, -0.1) is 0 Å². The predicted octanol–water partition coefficient (Wildman–Crippen LogP) is 4.12. The lowest BCUT2D eigenvalue weighted by molar-refractivity contribution is 0.101. The molecule has 0 saturated carbocycles. The molecule has 1 aromatic carbocycles. The maximum absolute atomic E-state index is 11.4. The summed E-state index contributed by atoms with van der Waals surface area (Å²) in [4.78, 5) is 11.4. The van der Waals surface area contributed by atoms with Gasteiger partial charge in [-0.1, -0.05) is 39.3 Å². The normalized spacial score (nSPS) is 9.29. The van der Waals surface area contributed by atoms with Crippen molar-refractivity contribution in [1.29, 1.82) is 5.26 Å². The summed E-state index contributed by atoms with van der Waals surface area (Å²) in [6.45, 7) is 6.25. The van der Waals surface area contributed by atoms with E-state index in [1.807, 2.05) is 6.92 Å². The van der Waals surface area contributed by atoms with Crippen LogP contribution < -0.4 is 4.74 Å². The number of nitrogens with zero attached hydrogens (tertiary/aromatic N) is 1. The summed E-state index contributed by atoms with van der Waals surface area (Å²) in [7, 11) is 0. The molecule has 0 aromatic heterocycles. The third kappa shape index (κ3) is 6.54. The molecule has 116 valence electrons. The van der Waals surface area contributed by atoms with Gasteiger partial charge < -0.3 is 9.84 Å². The molecule has 1 N–H and O–H groups in total. The van der Waals surface area contributed by atoms with E-state index in [4.69, 9.17) is 10.00 Å². The average Bonchev–Trinajstić information content (AvgIpc) is 2.43. The highest BCUT2D eigenvalue weighted by Crippen LogP contribution is 2.33. The fraction of sp³-hybridized carbons (Fsp3) is 0.500. The molecule has 0 amide bonds. The summed E-state index contributed by atoms with van der Waals surface area (Å²) >= 11 is 3.09. The van der Waals surface area contributed by atoms with Crippen LogP contribution in [0.4, 0.5) is 0 Å². The molecule has 0 atom stereocenters. The number of carbonyl (C=O) groups excluding carboxylic acids is 1. The van der Waals surface area contributed by atoms with E-state index in [9.17, 15) is 9.90 Å². The number of benzene rings is 1. The van der Waals surface area contributed by atoms with Crippen LogP contribution in [0, 0.1) is 10.7 Å². The topological polar surface area (TPSA) is 70.3 Å². The van der Waals surface area contributed by atoms with Gasteiger partial charge in [-0.05, 0) is 31.9 Å². The summed E-state index contributed by atoms with van der Waals surface area (Å²) in [5, 5.41) is 18.8. The van der Waals surface area contributed by atoms with E-state index in [2.05, 4.69) is 19.6 Å². The van der Waals surface area contributed by atoms with Crippen LogP contribution in [-0.2, 0) is 6.42 Å². The molecule has 0 saturated heterocycles. The van der Waals surface area contributed by atoms with E-state index in [-0.39, 0.29) is 11.5 Å². The summed E-state index contributed by atoms with van der Waals surface area (Å²) in [6, 6.07) is 3.43. The van der Waals surface area contributed by atoms with Gasteiger partial charge in [0.05, 0.1) is 12.2 Å². The number of unbranched alkanes of at least 4 members (excludes halogenated alkanes) is 1. The van der Waals surface area contributed by atoms with Crippen molar-refractivity contribution in [2.75, 3.05) is 6.61 Å². The molecule has 4 nitrogen and oxygen atoms in total. The molecule has 1 rings (SSSR count). The van der Waals surface area contributed by atoms with Gasteiger partial charge in [-0.2, -0.15) is 5.26 Å². The van der Waals surface area contributed by atoms with Crippen LogP contribution in [0.5, 0.6) is 11.5 Å². The van der Waals surface area contributed by atoms with Crippen molar-refractivity contribution in [3.8, 4) is 16.9 Å². The molecule has 0 aliphatic heterocycles. The molecule has 0 fully saturated rings. The molecular weight excluding hydrogens is 286 g/mol. The third-order valence-corrected chi connectivity index (χ3v) is 2.87. The Bertz CT molecular complexity index is 495. The molecule has 0 bridgehead atoms. The summed E-state index contributed by atoms with van der Waals surface area (Å²) < 4.78 is 5.67. The lowest BCUT2D eigenvalue weighted by Gasteiger charge is -2.14. The van der Waals surface area contributed by atoms with Crippen LogP contribution in [0.3, 0.4) is 0 Å². The molecule has 1 aromatic rings. The highest BCUT2D eigenvalue weighted by molar-refractivity contribution is 7.85. The number of rotatable bonds is 7. The van der Waals surface area contributed by atoms with Crippen LogP contribution in [0.2, 0.25) is 0 Å². The second kappa shape index (κ2) is 11.0. The summed E-state index contributed by atoms with van der Waals surface area (Å²) in [6.07, 6.45) is 3.68. The largest absolute Gasteiger partial charge is 0.507 e. The van der Waals surface area contributed by atoms with Gasteiger partial charge in [0.2, 0.25) is 0 Å². The minimum Gasteiger partial charge on any atom is -0.507 e. The number of thiol groups is 1. The quantitative estimate of drug-likeness (QED) is 0.344. The van der Waals surface area contributed by atoms with Crippen molar-refractivity contribution >= 4 is 18.4 Å². The Morgan fingerprint density at radius 3 is 2.48 bits per heavy atom. The van der Waals surface area contributed by atoms with E-state index in [0.29, 0.717) is 24.3 Å². The van der Waals surface area contributed by atoms with E-state index >= 15 is 0 Å². The zero-order valence-corrected chi connectivity index (χ0v) is 13.7. The molecule has 0 unspecified atom stereocenters. The van der Waals surface area contributed by atoms with Crippen molar-refractivity contribution in [3.63, 3.8) is 0 Å². The van der Waals surface area contributed by atoms with Gasteiger partial charge >= 0.3 is 0 Å². The first kappa shape index (κ1) is 19.3. The molecular formula is C16H23NO3S. The van der Waals surface area contributed by atoms with Crippen molar-refractivity contribution in [2.45, 2.75) is 46.5 Å². The highest BCUT2D eigenvalue weighted by atomic mass is 32.1. The number of ether oxygens (including phenoxy) is 1. The smallest absolute Gasteiger partial charge is 0.163 e. The summed E-state index contributed by atoms with van der Waals surface area (Å²) in [5.74, 6) is 0.663. The van der Waals surface area contributed by atoms with Gasteiger partial charge in [-0.25, -0.2) is 0 Å². The Balaban J connectivity index is 0.00000122. The highest BCUT2D eigenvalue weighted by Gasteiger charge is 2.15. The lowest BCUT2D eigenvalue weighted by Crippen LogP contribution is -2.03. The van der Waals surface area contributed by atoms with Gasteiger partial charge in [0, 0.05) is 5.56 Å². The number of hydrogen-bond acceptors (Lipinski definition) is 5. The van der Waals surface area contributed by atoms with E-state index in [1.54, 1.807) is 12.1 Å². The van der Waals surface area contributed by atoms with Gasteiger partial charge in [0.25, 0.3) is 0 Å². The van der Waals surface area contributed by atoms with E-state index in [0.717, 1.165) is 24.8 Å². The second-order valence-electron chi connectivity index (χ2n) is 4.55. The maximum Gasteiger partial charge on any atom is 0.163 e. The van der Waals surface area contributed by atoms with Crippen LogP contribution >= 0.6 is 12.6 Å². The first-order valence-electron chi connectivity index (χ1n) is 7.05. The number of aromatic hydroxyl groups is 1.